The van der Waals surface area contributed by atoms with Crippen molar-refractivity contribution in [2.75, 3.05) is 6.54 Å². The van der Waals surface area contributed by atoms with Crippen LogP contribution in [0.25, 0.3) is 0 Å². The van der Waals surface area contributed by atoms with Crippen LogP contribution >= 0.6 is 0 Å². The predicted molar refractivity (Wildman–Crippen MR) is 68.0 cm³/mol. The SMILES string of the molecule is CC1CCCC(N2CCCCC2C(=O)O)CC1. The summed E-state index contributed by atoms with van der Waals surface area (Å²) in [7, 11) is 0. The van der Waals surface area contributed by atoms with Gasteiger partial charge in [-0.25, -0.2) is 0 Å². The Bertz CT molecular complexity index is 267. The molecule has 0 bridgehead atoms. The Balaban J connectivity index is 2.00. The lowest BCUT2D eigenvalue weighted by Crippen LogP contribution is -2.49. The van der Waals surface area contributed by atoms with Crippen molar-refractivity contribution in [2.24, 2.45) is 5.92 Å². The van der Waals surface area contributed by atoms with E-state index in [2.05, 4.69) is 11.8 Å². The van der Waals surface area contributed by atoms with Crippen molar-refractivity contribution >= 4 is 5.97 Å². The second-order valence-electron chi connectivity index (χ2n) is 5.85. The van der Waals surface area contributed by atoms with Crippen molar-refractivity contribution in [3.63, 3.8) is 0 Å². The first-order chi connectivity index (χ1) is 8.18. The molecule has 1 heterocycles. The van der Waals surface area contributed by atoms with E-state index in [1.54, 1.807) is 0 Å². The summed E-state index contributed by atoms with van der Waals surface area (Å²) < 4.78 is 0. The van der Waals surface area contributed by atoms with E-state index in [4.69, 9.17) is 0 Å². The first kappa shape index (κ1) is 12.9. The van der Waals surface area contributed by atoms with Gasteiger partial charge in [0.25, 0.3) is 0 Å². The van der Waals surface area contributed by atoms with Gasteiger partial charge in [-0.2, -0.15) is 0 Å². The number of aliphatic carboxylic acids is 1. The number of carbonyl (C=O) groups is 1. The van der Waals surface area contributed by atoms with Crippen LogP contribution in [0.3, 0.4) is 0 Å². The minimum Gasteiger partial charge on any atom is -0.480 e. The standard InChI is InChI=1S/C14H25NO2/c1-11-5-4-6-12(9-8-11)15-10-3-2-7-13(15)14(16)17/h11-13H,2-10H2,1H3,(H,16,17). The summed E-state index contributed by atoms with van der Waals surface area (Å²) in [5.74, 6) is 0.218. The zero-order valence-electron chi connectivity index (χ0n) is 10.9. The third-order valence-corrected chi connectivity index (χ3v) is 4.53. The Morgan fingerprint density at radius 3 is 2.65 bits per heavy atom. The molecule has 0 amide bonds. The van der Waals surface area contributed by atoms with E-state index in [0.717, 1.165) is 25.3 Å². The van der Waals surface area contributed by atoms with E-state index in [1.807, 2.05) is 0 Å². The van der Waals surface area contributed by atoms with E-state index < -0.39 is 5.97 Å². The quantitative estimate of drug-likeness (QED) is 0.753. The highest BCUT2D eigenvalue weighted by Gasteiger charge is 2.33. The third kappa shape index (κ3) is 3.21. The molecule has 0 radical (unpaired) electrons. The molecule has 1 saturated heterocycles. The Hall–Kier alpha value is -0.570. The van der Waals surface area contributed by atoms with Gasteiger partial charge in [0.1, 0.15) is 6.04 Å². The van der Waals surface area contributed by atoms with Crippen LogP contribution in [0.2, 0.25) is 0 Å². The zero-order valence-corrected chi connectivity index (χ0v) is 10.9. The second-order valence-corrected chi connectivity index (χ2v) is 5.85. The normalized spacial score (nSPS) is 36.4. The fourth-order valence-corrected chi connectivity index (χ4v) is 3.46. The molecule has 0 aromatic heterocycles. The fraction of sp³-hybridized carbons (Fsp3) is 0.929. The van der Waals surface area contributed by atoms with Gasteiger partial charge in [-0.3, -0.25) is 9.69 Å². The van der Waals surface area contributed by atoms with Crippen molar-refractivity contribution in [3.05, 3.63) is 0 Å². The van der Waals surface area contributed by atoms with Crippen LogP contribution in [0.1, 0.15) is 58.3 Å². The number of hydrogen-bond donors (Lipinski definition) is 1. The molecule has 3 nitrogen and oxygen atoms in total. The molecule has 0 aromatic carbocycles. The lowest BCUT2D eigenvalue weighted by molar-refractivity contribution is -0.146. The summed E-state index contributed by atoms with van der Waals surface area (Å²) in [5.41, 5.74) is 0. The molecule has 0 aromatic rings. The van der Waals surface area contributed by atoms with E-state index in [0.29, 0.717) is 6.04 Å². The maximum absolute atomic E-state index is 11.3. The number of rotatable bonds is 2. The van der Waals surface area contributed by atoms with Crippen molar-refractivity contribution < 1.29 is 9.90 Å². The molecule has 3 atom stereocenters. The molecule has 1 aliphatic heterocycles. The lowest BCUT2D eigenvalue weighted by Gasteiger charge is -2.39. The topological polar surface area (TPSA) is 40.5 Å². The molecule has 3 heteroatoms. The smallest absolute Gasteiger partial charge is 0.320 e. The Morgan fingerprint density at radius 2 is 1.88 bits per heavy atom. The molecule has 1 saturated carbocycles. The van der Waals surface area contributed by atoms with Gasteiger partial charge in [-0.1, -0.05) is 26.2 Å². The summed E-state index contributed by atoms with van der Waals surface area (Å²) in [4.78, 5) is 13.6. The van der Waals surface area contributed by atoms with E-state index in [9.17, 15) is 9.90 Å². The van der Waals surface area contributed by atoms with Crippen LogP contribution in [0.5, 0.6) is 0 Å². The van der Waals surface area contributed by atoms with Gasteiger partial charge in [-0.05, 0) is 44.6 Å². The molecule has 1 aliphatic carbocycles. The van der Waals surface area contributed by atoms with E-state index >= 15 is 0 Å². The third-order valence-electron chi connectivity index (χ3n) is 4.53. The van der Waals surface area contributed by atoms with Crippen molar-refractivity contribution in [3.8, 4) is 0 Å². The molecule has 3 unspecified atom stereocenters. The average molecular weight is 239 g/mol. The summed E-state index contributed by atoms with van der Waals surface area (Å²) in [6.07, 6.45) is 9.37. The number of piperidine rings is 1. The monoisotopic (exact) mass is 239 g/mol. The minimum absolute atomic E-state index is 0.206. The predicted octanol–water partition coefficient (Wildman–Crippen LogP) is 2.89. The second kappa shape index (κ2) is 5.85. The molecule has 2 aliphatic rings. The van der Waals surface area contributed by atoms with Crippen LogP contribution in [-0.2, 0) is 4.79 Å². The number of nitrogens with zero attached hydrogens (tertiary/aromatic N) is 1. The van der Waals surface area contributed by atoms with Crippen LogP contribution in [0, 0.1) is 5.92 Å². The van der Waals surface area contributed by atoms with Crippen molar-refractivity contribution in [1.29, 1.82) is 0 Å². The Labute approximate surface area is 104 Å². The van der Waals surface area contributed by atoms with Gasteiger partial charge in [0.2, 0.25) is 0 Å². The summed E-state index contributed by atoms with van der Waals surface area (Å²) in [6, 6.07) is 0.323. The van der Waals surface area contributed by atoms with Gasteiger partial charge >= 0.3 is 5.97 Å². The van der Waals surface area contributed by atoms with Gasteiger partial charge in [-0.15, -0.1) is 0 Å². The molecule has 17 heavy (non-hydrogen) atoms. The van der Waals surface area contributed by atoms with Crippen LogP contribution in [-0.4, -0.2) is 34.6 Å². The molecule has 0 spiro atoms. The number of likely N-dealkylation sites (tertiary alicyclic amines) is 1. The van der Waals surface area contributed by atoms with Gasteiger partial charge in [0, 0.05) is 6.04 Å². The first-order valence-corrected chi connectivity index (χ1v) is 7.17. The van der Waals surface area contributed by atoms with E-state index in [-0.39, 0.29) is 6.04 Å². The summed E-state index contributed by atoms with van der Waals surface area (Å²) in [5, 5.41) is 9.32. The van der Waals surface area contributed by atoms with Gasteiger partial charge < -0.3 is 5.11 Å². The molecular formula is C14H25NO2. The highest BCUT2D eigenvalue weighted by Crippen LogP contribution is 2.30. The zero-order chi connectivity index (χ0) is 12.3. The number of carboxylic acid groups (broad SMARTS) is 1. The summed E-state index contributed by atoms with van der Waals surface area (Å²) >= 11 is 0. The molecule has 2 fully saturated rings. The average Bonchev–Trinajstić information content (AvgIpc) is 2.54. The van der Waals surface area contributed by atoms with E-state index in [1.165, 1.54) is 38.5 Å². The molecule has 98 valence electrons. The first-order valence-electron chi connectivity index (χ1n) is 7.17. The molecule has 1 N–H and O–H groups in total. The lowest BCUT2D eigenvalue weighted by atomic mass is 9.96. The number of hydrogen-bond acceptors (Lipinski definition) is 2. The Kier molecular flexibility index (Phi) is 4.43. The highest BCUT2D eigenvalue weighted by atomic mass is 16.4. The number of carboxylic acids is 1. The minimum atomic E-state index is -0.609. The van der Waals surface area contributed by atoms with Crippen molar-refractivity contribution in [2.45, 2.75) is 70.4 Å². The highest BCUT2D eigenvalue weighted by molar-refractivity contribution is 5.73. The van der Waals surface area contributed by atoms with Crippen LogP contribution < -0.4 is 0 Å². The van der Waals surface area contributed by atoms with Crippen LogP contribution in [0.4, 0.5) is 0 Å². The van der Waals surface area contributed by atoms with Crippen molar-refractivity contribution in [1.82, 2.24) is 4.90 Å². The maximum atomic E-state index is 11.3. The molecular weight excluding hydrogens is 214 g/mol. The van der Waals surface area contributed by atoms with Gasteiger partial charge in [0.05, 0.1) is 0 Å². The van der Waals surface area contributed by atoms with Gasteiger partial charge in [0.15, 0.2) is 0 Å². The fourth-order valence-electron chi connectivity index (χ4n) is 3.46. The largest absolute Gasteiger partial charge is 0.480 e. The Morgan fingerprint density at radius 1 is 1.06 bits per heavy atom. The summed E-state index contributed by atoms with van der Waals surface area (Å²) in [6.45, 7) is 3.32. The maximum Gasteiger partial charge on any atom is 0.320 e. The molecule has 2 rings (SSSR count). The van der Waals surface area contributed by atoms with Crippen LogP contribution in [0.15, 0.2) is 0 Å².